The van der Waals surface area contributed by atoms with E-state index in [2.05, 4.69) is 5.32 Å². The van der Waals surface area contributed by atoms with Crippen LogP contribution in [0.5, 0.6) is 11.5 Å². The monoisotopic (exact) mass is 310 g/mol. The molecule has 0 aliphatic heterocycles. The minimum atomic E-state index is -0.242. The molecule has 1 rings (SSSR count). The van der Waals surface area contributed by atoms with Crippen LogP contribution >= 0.6 is 0 Å². The van der Waals surface area contributed by atoms with Crippen molar-refractivity contribution in [3.05, 3.63) is 23.8 Å². The van der Waals surface area contributed by atoms with Gasteiger partial charge in [0.05, 0.1) is 26.7 Å². The van der Waals surface area contributed by atoms with E-state index in [1.54, 1.807) is 21.3 Å². The zero-order valence-electron chi connectivity index (χ0n) is 13.7. The smallest absolute Gasteiger partial charge is 0.222 e. The van der Waals surface area contributed by atoms with Gasteiger partial charge in [-0.15, -0.1) is 0 Å². The first kappa shape index (κ1) is 18.3. The third-order valence-electron chi connectivity index (χ3n) is 3.41. The lowest BCUT2D eigenvalue weighted by molar-refractivity contribution is -0.123. The number of hydrogen-bond acceptors (Lipinski definition) is 5. The SMILES string of the molecule is COc1ccc(CC(C)NC(=O)CC(CN)OC)cc1OC. The molecule has 22 heavy (non-hydrogen) atoms. The number of carbonyl (C=O) groups is 1. The summed E-state index contributed by atoms with van der Waals surface area (Å²) in [5.41, 5.74) is 6.58. The summed E-state index contributed by atoms with van der Waals surface area (Å²) in [5, 5.41) is 2.95. The third-order valence-corrected chi connectivity index (χ3v) is 3.41. The number of nitrogens with two attached hydrogens (primary N) is 1. The van der Waals surface area contributed by atoms with Gasteiger partial charge in [0.25, 0.3) is 0 Å². The molecule has 0 radical (unpaired) electrons. The van der Waals surface area contributed by atoms with Gasteiger partial charge in [0.15, 0.2) is 11.5 Å². The van der Waals surface area contributed by atoms with Crippen molar-refractivity contribution in [2.75, 3.05) is 27.9 Å². The standard InChI is InChI=1S/C16H26N2O4/c1-11(18-16(19)9-13(10-17)20-2)7-12-5-6-14(21-3)15(8-12)22-4/h5-6,8,11,13H,7,9-10,17H2,1-4H3,(H,18,19). The van der Waals surface area contributed by atoms with Gasteiger partial charge in [0.1, 0.15) is 0 Å². The average molecular weight is 310 g/mol. The second kappa shape index (κ2) is 9.27. The van der Waals surface area contributed by atoms with E-state index < -0.39 is 0 Å². The number of carbonyl (C=O) groups excluding carboxylic acids is 1. The number of amides is 1. The van der Waals surface area contributed by atoms with E-state index in [1.165, 1.54) is 0 Å². The Balaban J connectivity index is 2.57. The Morgan fingerprint density at radius 1 is 1.23 bits per heavy atom. The normalized spacial score (nSPS) is 13.3. The van der Waals surface area contributed by atoms with Crippen molar-refractivity contribution in [3.63, 3.8) is 0 Å². The van der Waals surface area contributed by atoms with Gasteiger partial charge in [0, 0.05) is 19.7 Å². The lowest BCUT2D eigenvalue weighted by Gasteiger charge is -2.17. The van der Waals surface area contributed by atoms with Crippen molar-refractivity contribution in [1.29, 1.82) is 0 Å². The van der Waals surface area contributed by atoms with Gasteiger partial charge in [-0.1, -0.05) is 6.07 Å². The van der Waals surface area contributed by atoms with Crippen molar-refractivity contribution in [1.82, 2.24) is 5.32 Å². The summed E-state index contributed by atoms with van der Waals surface area (Å²) >= 11 is 0. The zero-order valence-corrected chi connectivity index (χ0v) is 13.7. The summed E-state index contributed by atoms with van der Waals surface area (Å²) < 4.78 is 15.6. The number of hydrogen-bond donors (Lipinski definition) is 2. The van der Waals surface area contributed by atoms with Gasteiger partial charge >= 0.3 is 0 Å². The lowest BCUT2D eigenvalue weighted by atomic mass is 10.1. The Bertz CT molecular complexity index is 475. The first-order valence-electron chi connectivity index (χ1n) is 7.27. The van der Waals surface area contributed by atoms with E-state index in [0.29, 0.717) is 24.5 Å². The van der Waals surface area contributed by atoms with Crippen LogP contribution in [0.4, 0.5) is 0 Å². The fourth-order valence-corrected chi connectivity index (χ4v) is 2.22. The molecular formula is C16H26N2O4. The van der Waals surface area contributed by atoms with Gasteiger partial charge in [-0.05, 0) is 31.0 Å². The molecule has 0 aromatic heterocycles. The molecule has 6 nitrogen and oxygen atoms in total. The molecule has 0 aliphatic rings. The number of rotatable bonds is 9. The van der Waals surface area contributed by atoms with E-state index in [4.69, 9.17) is 19.9 Å². The summed E-state index contributed by atoms with van der Waals surface area (Å²) in [6.07, 6.45) is 0.726. The molecule has 0 heterocycles. The summed E-state index contributed by atoms with van der Waals surface area (Å²) in [7, 11) is 4.76. The Kier molecular flexibility index (Phi) is 7.70. The second-order valence-corrected chi connectivity index (χ2v) is 5.16. The highest BCUT2D eigenvalue weighted by Gasteiger charge is 2.14. The molecule has 1 aromatic rings. The Labute approximate surface area is 131 Å². The fourth-order valence-electron chi connectivity index (χ4n) is 2.22. The molecule has 3 N–H and O–H groups in total. The van der Waals surface area contributed by atoms with Crippen LogP contribution in [-0.2, 0) is 16.0 Å². The van der Waals surface area contributed by atoms with Crippen LogP contribution in [0, 0.1) is 0 Å². The maximum atomic E-state index is 11.9. The fraction of sp³-hybridized carbons (Fsp3) is 0.562. The Morgan fingerprint density at radius 2 is 1.91 bits per heavy atom. The summed E-state index contributed by atoms with van der Waals surface area (Å²) in [4.78, 5) is 11.9. The van der Waals surface area contributed by atoms with Crippen LogP contribution in [0.25, 0.3) is 0 Å². The Hall–Kier alpha value is -1.79. The van der Waals surface area contributed by atoms with Gasteiger partial charge < -0.3 is 25.3 Å². The average Bonchev–Trinajstić information content (AvgIpc) is 2.52. The van der Waals surface area contributed by atoms with E-state index >= 15 is 0 Å². The van der Waals surface area contributed by atoms with Gasteiger partial charge in [0.2, 0.25) is 5.91 Å². The van der Waals surface area contributed by atoms with Crippen LogP contribution < -0.4 is 20.5 Å². The number of methoxy groups -OCH3 is 3. The van der Waals surface area contributed by atoms with Crippen molar-refractivity contribution in [2.24, 2.45) is 5.73 Å². The largest absolute Gasteiger partial charge is 0.493 e. The van der Waals surface area contributed by atoms with E-state index in [9.17, 15) is 4.79 Å². The predicted octanol–water partition coefficient (Wildman–Crippen LogP) is 1.11. The molecule has 2 atom stereocenters. The molecule has 0 saturated heterocycles. The highest BCUT2D eigenvalue weighted by molar-refractivity contribution is 5.76. The molecule has 2 unspecified atom stereocenters. The van der Waals surface area contributed by atoms with Crippen LogP contribution in [0.3, 0.4) is 0 Å². The quantitative estimate of drug-likeness (QED) is 0.714. The van der Waals surface area contributed by atoms with Crippen molar-refractivity contribution >= 4 is 5.91 Å². The lowest BCUT2D eigenvalue weighted by Crippen LogP contribution is -2.37. The first-order valence-corrected chi connectivity index (χ1v) is 7.27. The third kappa shape index (κ3) is 5.54. The number of nitrogens with one attached hydrogen (secondary N) is 1. The molecule has 0 fully saturated rings. The second-order valence-electron chi connectivity index (χ2n) is 5.16. The highest BCUT2D eigenvalue weighted by atomic mass is 16.5. The van der Waals surface area contributed by atoms with Crippen molar-refractivity contribution in [3.8, 4) is 11.5 Å². The summed E-state index contributed by atoms with van der Waals surface area (Å²) in [6, 6.07) is 5.74. The number of benzene rings is 1. The molecule has 124 valence electrons. The highest BCUT2D eigenvalue weighted by Crippen LogP contribution is 2.27. The van der Waals surface area contributed by atoms with Gasteiger partial charge in [-0.25, -0.2) is 0 Å². The minimum absolute atomic E-state index is 0.000816. The predicted molar refractivity (Wildman–Crippen MR) is 85.3 cm³/mol. The topological polar surface area (TPSA) is 82.8 Å². The van der Waals surface area contributed by atoms with E-state index in [1.807, 2.05) is 25.1 Å². The molecular weight excluding hydrogens is 284 g/mol. The van der Waals surface area contributed by atoms with Crippen molar-refractivity contribution in [2.45, 2.75) is 31.9 Å². The maximum absolute atomic E-state index is 11.9. The molecule has 0 saturated carbocycles. The van der Waals surface area contributed by atoms with Gasteiger partial charge in [-0.3, -0.25) is 4.79 Å². The van der Waals surface area contributed by atoms with Crippen LogP contribution in [0.2, 0.25) is 0 Å². The van der Waals surface area contributed by atoms with E-state index in [-0.39, 0.29) is 24.5 Å². The molecule has 6 heteroatoms. The number of ether oxygens (including phenoxy) is 3. The summed E-state index contributed by atoms with van der Waals surface area (Å²) in [5.74, 6) is 1.31. The van der Waals surface area contributed by atoms with Crippen LogP contribution in [0.15, 0.2) is 18.2 Å². The minimum Gasteiger partial charge on any atom is -0.493 e. The Morgan fingerprint density at radius 3 is 2.45 bits per heavy atom. The summed E-state index contributed by atoms with van der Waals surface area (Å²) in [6.45, 7) is 2.28. The zero-order chi connectivity index (χ0) is 16.5. The molecule has 0 aliphatic carbocycles. The van der Waals surface area contributed by atoms with Crippen LogP contribution in [0.1, 0.15) is 18.9 Å². The molecule has 1 amide bonds. The van der Waals surface area contributed by atoms with Crippen molar-refractivity contribution < 1.29 is 19.0 Å². The van der Waals surface area contributed by atoms with Gasteiger partial charge in [-0.2, -0.15) is 0 Å². The molecule has 0 bridgehead atoms. The van der Waals surface area contributed by atoms with E-state index in [0.717, 1.165) is 5.56 Å². The molecule has 1 aromatic carbocycles. The maximum Gasteiger partial charge on any atom is 0.222 e. The molecule has 0 spiro atoms. The van der Waals surface area contributed by atoms with Crippen LogP contribution in [-0.4, -0.2) is 45.9 Å². The first-order chi connectivity index (χ1) is 10.5.